The molecule has 0 bridgehead atoms. The number of aliphatic hydroxyl groups is 1. The molecule has 3 heteroatoms. The van der Waals surface area contributed by atoms with Gasteiger partial charge in [-0.15, -0.1) is 0 Å². The minimum absolute atomic E-state index is 0.0565. The molecule has 0 radical (unpaired) electrons. The van der Waals surface area contributed by atoms with Crippen molar-refractivity contribution in [3.8, 4) is 0 Å². The molecular formula is C10H22N2O. The van der Waals surface area contributed by atoms with E-state index in [0.717, 1.165) is 38.8 Å². The molecule has 0 aromatic carbocycles. The molecule has 78 valence electrons. The Balaban J connectivity index is 2.56. The molecular weight excluding hydrogens is 164 g/mol. The molecule has 1 aliphatic rings. The molecule has 1 heterocycles. The van der Waals surface area contributed by atoms with Crippen molar-refractivity contribution in [2.24, 2.45) is 5.73 Å². The second-order valence-corrected chi connectivity index (χ2v) is 4.28. The van der Waals surface area contributed by atoms with Crippen LogP contribution >= 0.6 is 0 Å². The molecule has 1 saturated heterocycles. The van der Waals surface area contributed by atoms with Crippen LogP contribution in [0.3, 0.4) is 0 Å². The van der Waals surface area contributed by atoms with Crippen LogP contribution in [0.1, 0.15) is 32.6 Å². The maximum atomic E-state index is 10.3. The van der Waals surface area contributed by atoms with Crippen LogP contribution in [0.5, 0.6) is 0 Å². The van der Waals surface area contributed by atoms with Crippen molar-refractivity contribution in [2.75, 3.05) is 20.1 Å². The lowest BCUT2D eigenvalue weighted by molar-refractivity contribution is -0.000278. The average molecular weight is 186 g/mol. The molecule has 13 heavy (non-hydrogen) atoms. The fourth-order valence-electron chi connectivity index (χ4n) is 2.03. The summed E-state index contributed by atoms with van der Waals surface area (Å²) >= 11 is 0. The summed E-state index contributed by atoms with van der Waals surface area (Å²) in [4.78, 5) is 2.26. The molecule has 1 aliphatic heterocycles. The van der Waals surface area contributed by atoms with E-state index >= 15 is 0 Å². The van der Waals surface area contributed by atoms with Gasteiger partial charge >= 0.3 is 0 Å². The lowest BCUT2D eigenvalue weighted by Crippen LogP contribution is -2.48. The highest BCUT2D eigenvalue weighted by Gasteiger charge is 2.34. The van der Waals surface area contributed by atoms with Crippen LogP contribution in [0.4, 0.5) is 0 Å². The van der Waals surface area contributed by atoms with Gasteiger partial charge in [0, 0.05) is 12.6 Å². The summed E-state index contributed by atoms with van der Waals surface area (Å²) in [6.45, 7) is 4.08. The molecule has 0 aromatic heterocycles. The van der Waals surface area contributed by atoms with E-state index in [2.05, 4.69) is 11.9 Å². The smallest absolute Gasteiger partial charge is 0.0810 e. The van der Waals surface area contributed by atoms with E-state index in [1.807, 2.05) is 6.92 Å². The second-order valence-electron chi connectivity index (χ2n) is 4.28. The zero-order chi connectivity index (χ0) is 9.90. The molecule has 2 unspecified atom stereocenters. The van der Waals surface area contributed by atoms with Crippen LogP contribution in [-0.2, 0) is 0 Å². The Morgan fingerprint density at radius 2 is 2.15 bits per heavy atom. The third-order valence-corrected chi connectivity index (χ3v) is 3.21. The van der Waals surface area contributed by atoms with Crippen LogP contribution in [0.25, 0.3) is 0 Å². The molecule has 0 aliphatic carbocycles. The zero-order valence-electron chi connectivity index (χ0n) is 8.79. The number of nitrogens with two attached hydrogens (primary N) is 1. The predicted molar refractivity (Wildman–Crippen MR) is 54.6 cm³/mol. The first-order valence-electron chi connectivity index (χ1n) is 5.25. The lowest BCUT2D eigenvalue weighted by Gasteiger charge is -2.32. The van der Waals surface area contributed by atoms with E-state index in [-0.39, 0.29) is 6.04 Å². The third kappa shape index (κ3) is 2.66. The van der Waals surface area contributed by atoms with Crippen LogP contribution in [0.15, 0.2) is 0 Å². The molecule has 0 aromatic rings. The van der Waals surface area contributed by atoms with E-state index < -0.39 is 5.60 Å². The number of likely N-dealkylation sites (tertiary alicyclic amines) is 1. The standard InChI is InChI=1S/C10H22N2O/c1-3-9(11)10(13)5-4-7-12(2)8-6-10/h9,13H,3-8,11H2,1-2H3. The summed E-state index contributed by atoms with van der Waals surface area (Å²) in [5.74, 6) is 0. The average Bonchev–Trinajstić information content (AvgIpc) is 2.28. The van der Waals surface area contributed by atoms with Gasteiger partial charge in [0.05, 0.1) is 5.60 Å². The Kier molecular flexibility index (Phi) is 3.71. The van der Waals surface area contributed by atoms with Crippen molar-refractivity contribution in [3.63, 3.8) is 0 Å². The van der Waals surface area contributed by atoms with Gasteiger partial charge in [-0.1, -0.05) is 6.92 Å². The van der Waals surface area contributed by atoms with Gasteiger partial charge in [0.15, 0.2) is 0 Å². The Morgan fingerprint density at radius 1 is 1.46 bits per heavy atom. The van der Waals surface area contributed by atoms with Gasteiger partial charge in [-0.2, -0.15) is 0 Å². The summed E-state index contributed by atoms with van der Waals surface area (Å²) < 4.78 is 0. The highest BCUT2D eigenvalue weighted by atomic mass is 16.3. The van der Waals surface area contributed by atoms with E-state index in [9.17, 15) is 5.11 Å². The fraction of sp³-hybridized carbons (Fsp3) is 1.00. The predicted octanol–water partition coefficient (Wildman–Crippen LogP) is 0.570. The van der Waals surface area contributed by atoms with E-state index in [1.165, 1.54) is 0 Å². The van der Waals surface area contributed by atoms with Gasteiger partial charge in [0.2, 0.25) is 0 Å². The third-order valence-electron chi connectivity index (χ3n) is 3.21. The summed E-state index contributed by atoms with van der Waals surface area (Å²) in [6.07, 6.45) is 3.59. The topological polar surface area (TPSA) is 49.5 Å². The van der Waals surface area contributed by atoms with Gasteiger partial charge in [-0.05, 0) is 39.3 Å². The first kappa shape index (κ1) is 11.0. The Labute approximate surface area is 80.9 Å². The summed E-state index contributed by atoms with van der Waals surface area (Å²) in [5.41, 5.74) is 5.32. The van der Waals surface area contributed by atoms with Gasteiger partial charge in [-0.3, -0.25) is 0 Å². The van der Waals surface area contributed by atoms with Gasteiger partial charge in [-0.25, -0.2) is 0 Å². The number of rotatable bonds is 2. The second kappa shape index (κ2) is 4.40. The molecule has 1 rings (SSSR count). The van der Waals surface area contributed by atoms with Gasteiger partial charge in [0.25, 0.3) is 0 Å². The maximum Gasteiger partial charge on any atom is 0.0810 e. The van der Waals surface area contributed by atoms with Crippen LogP contribution in [-0.4, -0.2) is 41.8 Å². The van der Waals surface area contributed by atoms with Crippen molar-refractivity contribution < 1.29 is 5.11 Å². The quantitative estimate of drug-likeness (QED) is 0.663. The normalized spacial score (nSPS) is 34.2. The van der Waals surface area contributed by atoms with Gasteiger partial charge in [0.1, 0.15) is 0 Å². The first-order chi connectivity index (χ1) is 6.08. The van der Waals surface area contributed by atoms with E-state index in [1.54, 1.807) is 0 Å². The Morgan fingerprint density at radius 3 is 2.77 bits per heavy atom. The first-order valence-corrected chi connectivity index (χ1v) is 5.25. The molecule has 0 spiro atoms. The fourth-order valence-corrected chi connectivity index (χ4v) is 2.03. The highest BCUT2D eigenvalue weighted by molar-refractivity contribution is 4.91. The maximum absolute atomic E-state index is 10.3. The monoisotopic (exact) mass is 186 g/mol. The summed E-state index contributed by atoms with van der Waals surface area (Å²) in [6, 6.07) is -0.0565. The van der Waals surface area contributed by atoms with E-state index in [0.29, 0.717) is 0 Å². The van der Waals surface area contributed by atoms with Crippen LogP contribution in [0, 0.1) is 0 Å². The van der Waals surface area contributed by atoms with Crippen LogP contribution in [0.2, 0.25) is 0 Å². The molecule has 3 N–H and O–H groups in total. The van der Waals surface area contributed by atoms with Crippen molar-refractivity contribution in [1.82, 2.24) is 4.90 Å². The summed E-state index contributed by atoms with van der Waals surface area (Å²) in [7, 11) is 2.10. The lowest BCUT2D eigenvalue weighted by atomic mass is 9.86. The molecule has 3 nitrogen and oxygen atoms in total. The molecule has 0 saturated carbocycles. The van der Waals surface area contributed by atoms with Crippen LogP contribution < -0.4 is 5.73 Å². The van der Waals surface area contributed by atoms with Crippen molar-refractivity contribution in [1.29, 1.82) is 0 Å². The zero-order valence-corrected chi connectivity index (χ0v) is 8.79. The summed E-state index contributed by atoms with van der Waals surface area (Å²) in [5, 5.41) is 10.3. The molecule has 0 amide bonds. The molecule has 2 atom stereocenters. The SMILES string of the molecule is CCC(N)C1(O)CCCN(C)CC1. The minimum Gasteiger partial charge on any atom is -0.388 e. The van der Waals surface area contributed by atoms with Gasteiger partial charge < -0.3 is 15.7 Å². The van der Waals surface area contributed by atoms with Crippen molar-refractivity contribution in [2.45, 2.75) is 44.2 Å². The van der Waals surface area contributed by atoms with E-state index in [4.69, 9.17) is 5.73 Å². The number of nitrogens with zero attached hydrogens (tertiary/aromatic N) is 1. The Hall–Kier alpha value is -0.120. The minimum atomic E-state index is -0.612. The van der Waals surface area contributed by atoms with Crippen molar-refractivity contribution in [3.05, 3.63) is 0 Å². The molecule has 1 fully saturated rings. The highest BCUT2D eigenvalue weighted by Crippen LogP contribution is 2.25. The number of hydrogen-bond donors (Lipinski definition) is 2. The largest absolute Gasteiger partial charge is 0.388 e. The van der Waals surface area contributed by atoms with Crippen molar-refractivity contribution >= 4 is 0 Å². The number of hydrogen-bond acceptors (Lipinski definition) is 3. The Bertz CT molecular complexity index is 163.